The van der Waals surface area contributed by atoms with Crippen molar-refractivity contribution in [3.05, 3.63) is 34.1 Å². The van der Waals surface area contributed by atoms with Crippen molar-refractivity contribution in [3.63, 3.8) is 0 Å². The van der Waals surface area contributed by atoms with Crippen LogP contribution < -0.4 is 10.1 Å². The standard InChI is InChI=1S/C11H13FN2O3.ClH/c12-10-7-8(14(15)16)1-2-11(10)17-9-3-5-13-6-4-9;/h1-2,7,9,13H,3-6H2;1H. The predicted octanol–water partition coefficient (Wildman–Crippen LogP) is 2.29. The number of nitro groups is 1. The number of non-ortho nitro benzene ring substituents is 1. The molecule has 5 nitrogen and oxygen atoms in total. The summed E-state index contributed by atoms with van der Waals surface area (Å²) in [5, 5.41) is 13.6. The van der Waals surface area contributed by atoms with Crippen LogP contribution >= 0.6 is 12.4 Å². The van der Waals surface area contributed by atoms with Crippen molar-refractivity contribution in [3.8, 4) is 5.75 Å². The first-order valence-corrected chi connectivity index (χ1v) is 5.48. The summed E-state index contributed by atoms with van der Waals surface area (Å²) in [4.78, 5) is 9.82. The third-order valence-electron chi connectivity index (χ3n) is 2.71. The van der Waals surface area contributed by atoms with Crippen LogP contribution in [0.25, 0.3) is 0 Å². The van der Waals surface area contributed by atoms with E-state index in [1.54, 1.807) is 0 Å². The second-order valence-corrected chi connectivity index (χ2v) is 3.94. The van der Waals surface area contributed by atoms with Crippen LogP contribution in [0.2, 0.25) is 0 Å². The third-order valence-corrected chi connectivity index (χ3v) is 2.71. The number of halogens is 2. The topological polar surface area (TPSA) is 64.4 Å². The van der Waals surface area contributed by atoms with E-state index in [2.05, 4.69) is 5.32 Å². The molecule has 100 valence electrons. The van der Waals surface area contributed by atoms with Gasteiger partial charge >= 0.3 is 0 Å². The van der Waals surface area contributed by atoms with Gasteiger partial charge in [-0.15, -0.1) is 12.4 Å². The molecule has 0 bridgehead atoms. The maximum absolute atomic E-state index is 13.5. The maximum Gasteiger partial charge on any atom is 0.272 e. The van der Waals surface area contributed by atoms with E-state index >= 15 is 0 Å². The number of piperidine rings is 1. The monoisotopic (exact) mass is 276 g/mol. The van der Waals surface area contributed by atoms with E-state index in [1.165, 1.54) is 12.1 Å². The van der Waals surface area contributed by atoms with Crippen molar-refractivity contribution in [2.24, 2.45) is 0 Å². The molecule has 1 aliphatic heterocycles. The number of hydrogen-bond acceptors (Lipinski definition) is 4. The molecule has 1 aromatic rings. The van der Waals surface area contributed by atoms with Gasteiger partial charge in [0.05, 0.1) is 11.0 Å². The van der Waals surface area contributed by atoms with E-state index in [1.807, 2.05) is 0 Å². The number of nitrogens with one attached hydrogen (secondary N) is 1. The van der Waals surface area contributed by atoms with Gasteiger partial charge in [0.1, 0.15) is 6.10 Å². The lowest BCUT2D eigenvalue weighted by Crippen LogP contribution is -2.34. The molecule has 1 N–H and O–H groups in total. The Labute approximate surface area is 110 Å². The van der Waals surface area contributed by atoms with Crippen LogP contribution in [-0.2, 0) is 0 Å². The number of rotatable bonds is 3. The molecule has 0 saturated carbocycles. The molecule has 0 aromatic heterocycles. The Balaban J connectivity index is 0.00000162. The summed E-state index contributed by atoms with van der Waals surface area (Å²) in [6.07, 6.45) is 1.61. The van der Waals surface area contributed by atoms with Crippen LogP contribution in [0, 0.1) is 15.9 Å². The van der Waals surface area contributed by atoms with E-state index in [9.17, 15) is 14.5 Å². The summed E-state index contributed by atoms with van der Waals surface area (Å²) in [5.74, 6) is -0.597. The Kier molecular flexibility index (Phi) is 5.30. The normalized spacial score (nSPS) is 15.8. The van der Waals surface area contributed by atoms with Crippen molar-refractivity contribution >= 4 is 18.1 Å². The smallest absolute Gasteiger partial charge is 0.272 e. The van der Waals surface area contributed by atoms with Crippen LogP contribution in [0.1, 0.15) is 12.8 Å². The fourth-order valence-electron chi connectivity index (χ4n) is 1.79. The SMILES string of the molecule is Cl.O=[N+]([O-])c1ccc(OC2CCNCC2)c(F)c1. The lowest BCUT2D eigenvalue weighted by Gasteiger charge is -2.23. The van der Waals surface area contributed by atoms with Crippen molar-refractivity contribution in [2.45, 2.75) is 18.9 Å². The summed E-state index contributed by atoms with van der Waals surface area (Å²) in [6, 6.07) is 3.45. The third kappa shape index (κ3) is 3.54. The lowest BCUT2D eigenvalue weighted by molar-refractivity contribution is -0.385. The zero-order valence-corrected chi connectivity index (χ0v) is 10.4. The molecule has 18 heavy (non-hydrogen) atoms. The van der Waals surface area contributed by atoms with E-state index in [0.717, 1.165) is 32.0 Å². The maximum atomic E-state index is 13.5. The van der Waals surface area contributed by atoms with Crippen molar-refractivity contribution in [2.75, 3.05) is 13.1 Å². The number of ether oxygens (including phenoxy) is 1. The van der Waals surface area contributed by atoms with E-state index in [0.29, 0.717) is 0 Å². The predicted molar refractivity (Wildman–Crippen MR) is 66.8 cm³/mol. The van der Waals surface area contributed by atoms with Gasteiger partial charge in [-0.1, -0.05) is 0 Å². The van der Waals surface area contributed by atoms with Gasteiger partial charge in [0.2, 0.25) is 0 Å². The summed E-state index contributed by atoms with van der Waals surface area (Å²) < 4.78 is 19.0. The Morgan fingerprint density at radius 1 is 1.39 bits per heavy atom. The lowest BCUT2D eigenvalue weighted by atomic mass is 10.1. The average Bonchev–Trinajstić information content (AvgIpc) is 2.33. The highest BCUT2D eigenvalue weighted by Gasteiger charge is 2.18. The minimum Gasteiger partial charge on any atom is -0.487 e. The van der Waals surface area contributed by atoms with Crippen LogP contribution in [0.4, 0.5) is 10.1 Å². The minimum absolute atomic E-state index is 0. The quantitative estimate of drug-likeness (QED) is 0.679. The van der Waals surface area contributed by atoms with Gasteiger partial charge in [-0.2, -0.15) is 0 Å². The van der Waals surface area contributed by atoms with Gasteiger partial charge in [-0.25, -0.2) is 4.39 Å². The fourth-order valence-corrected chi connectivity index (χ4v) is 1.79. The summed E-state index contributed by atoms with van der Waals surface area (Å²) in [6.45, 7) is 1.69. The van der Waals surface area contributed by atoms with Gasteiger partial charge in [-0.3, -0.25) is 10.1 Å². The van der Waals surface area contributed by atoms with Crippen molar-refractivity contribution in [1.82, 2.24) is 5.32 Å². The Morgan fingerprint density at radius 2 is 2.06 bits per heavy atom. The molecule has 0 aliphatic carbocycles. The van der Waals surface area contributed by atoms with Crippen LogP contribution in [0.3, 0.4) is 0 Å². The highest BCUT2D eigenvalue weighted by Crippen LogP contribution is 2.24. The number of nitro benzene ring substituents is 1. The highest BCUT2D eigenvalue weighted by molar-refractivity contribution is 5.85. The second-order valence-electron chi connectivity index (χ2n) is 3.94. The van der Waals surface area contributed by atoms with Gasteiger partial charge in [0.25, 0.3) is 5.69 Å². The first-order valence-electron chi connectivity index (χ1n) is 5.48. The molecule has 0 radical (unpaired) electrons. The zero-order valence-electron chi connectivity index (χ0n) is 9.60. The van der Waals surface area contributed by atoms with Crippen molar-refractivity contribution in [1.29, 1.82) is 0 Å². The fraction of sp³-hybridized carbons (Fsp3) is 0.455. The molecule has 7 heteroatoms. The molecule has 1 aliphatic rings. The first-order chi connectivity index (χ1) is 8.16. The molecule has 0 unspecified atom stereocenters. The van der Waals surface area contributed by atoms with E-state index in [-0.39, 0.29) is 29.9 Å². The molecule has 0 amide bonds. The van der Waals surface area contributed by atoms with Gasteiger partial charge in [0, 0.05) is 6.07 Å². The Bertz CT molecular complexity index is 425. The van der Waals surface area contributed by atoms with Crippen LogP contribution in [-0.4, -0.2) is 24.1 Å². The Morgan fingerprint density at radius 3 is 2.61 bits per heavy atom. The molecule has 0 atom stereocenters. The number of benzene rings is 1. The molecule has 1 heterocycles. The van der Waals surface area contributed by atoms with Crippen molar-refractivity contribution < 1.29 is 14.1 Å². The van der Waals surface area contributed by atoms with Gasteiger partial charge < -0.3 is 10.1 Å². The summed E-state index contributed by atoms with van der Waals surface area (Å²) in [5.41, 5.74) is -0.264. The molecule has 2 rings (SSSR count). The molecule has 1 saturated heterocycles. The summed E-state index contributed by atoms with van der Waals surface area (Å²) in [7, 11) is 0. The van der Waals surface area contributed by atoms with E-state index in [4.69, 9.17) is 4.74 Å². The zero-order chi connectivity index (χ0) is 12.3. The molecular weight excluding hydrogens is 263 g/mol. The van der Waals surface area contributed by atoms with Crippen LogP contribution in [0.5, 0.6) is 5.75 Å². The summed E-state index contributed by atoms with van der Waals surface area (Å²) >= 11 is 0. The molecule has 1 aromatic carbocycles. The van der Waals surface area contributed by atoms with Gasteiger partial charge in [-0.05, 0) is 32.0 Å². The number of nitrogens with zero attached hydrogens (tertiary/aromatic N) is 1. The highest BCUT2D eigenvalue weighted by atomic mass is 35.5. The van der Waals surface area contributed by atoms with E-state index < -0.39 is 10.7 Å². The minimum atomic E-state index is -0.683. The van der Waals surface area contributed by atoms with Gasteiger partial charge in [0.15, 0.2) is 11.6 Å². The second kappa shape index (κ2) is 6.51. The number of hydrogen-bond donors (Lipinski definition) is 1. The average molecular weight is 277 g/mol. The Hall–Kier alpha value is -1.40. The molecule has 0 spiro atoms. The largest absolute Gasteiger partial charge is 0.487 e. The van der Waals surface area contributed by atoms with Crippen LogP contribution in [0.15, 0.2) is 18.2 Å². The first kappa shape index (κ1) is 14.7. The molecular formula is C11H14ClFN2O3. The molecule has 1 fully saturated rings.